The van der Waals surface area contributed by atoms with Gasteiger partial charge in [-0.1, -0.05) is 23.7 Å². The number of aromatic nitrogens is 4. The minimum absolute atomic E-state index is 0.136. The number of rotatable bonds is 6. The van der Waals surface area contributed by atoms with Crippen molar-refractivity contribution in [2.24, 2.45) is 0 Å². The molecule has 0 saturated carbocycles. The Kier molecular flexibility index (Phi) is 6.04. The minimum atomic E-state index is -0.281. The van der Waals surface area contributed by atoms with Crippen molar-refractivity contribution < 1.29 is 13.9 Å². The number of ether oxygens (including phenoxy) is 2. The molecule has 2 aromatic heterocycles. The molecule has 0 bridgehead atoms. The third-order valence-electron chi connectivity index (χ3n) is 5.67. The molecule has 0 spiro atoms. The number of anilines is 3. The quantitative estimate of drug-likeness (QED) is 0.405. The molecule has 0 saturated heterocycles. The Labute approximate surface area is 200 Å². The number of nitrogens with zero attached hydrogens (tertiary/aromatic N) is 4. The Morgan fingerprint density at radius 1 is 1.18 bits per heavy atom. The van der Waals surface area contributed by atoms with E-state index < -0.39 is 0 Å². The third kappa shape index (κ3) is 4.27. The molecule has 174 valence electrons. The van der Waals surface area contributed by atoms with Crippen LogP contribution in [-0.4, -0.2) is 40.3 Å². The van der Waals surface area contributed by atoms with Gasteiger partial charge in [-0.2, -0.15) is 4.98 Å². The highest BCUT2D eigenvalue weighted by Gasteiger charge is 2.28. The summed E-state index contributed by atoms with van der Waals surface area (Å²) >= 11 is 5.96. The van der Waals surface area contributed by atoms with Gasteiger partial charge < -0.3 is 24.7 Å². The van der Waals surface area contributed by atoms with E-state index in [1.54, 1.807) is 36.3 Å². The summed E-state index contributed by atoms with van der Waals surface area (Å²) in [5.41, 5.74) is 4.21. The van der Waals surface area contributed by atoms with E-state index in [0.717, 1.165) is 28.2 Å². The van der Waals surface area contributed by atoms with E-state index in [-0.39, 0.29) is 11.7 Å². The molecule has 1 unspecified atom stereocenters. The fraction of sp³-hybridized carbons (Fsp3) is 0.208. The van der Waals surface area contributed by atoms with E-state index >= 15 is 0 Å². The summed E-state index contributed by atoms with van der Waals surface area (Å²) in [5.74, 6) is 1.32. The molecule has 1 atom stereocenters. The van der Waals surface area contributed by atoms with Crippen molar-refractivity contribution in [1.82, 2.24) is 19.5 Å². The monoisotopic (exact) mass is 480 g/mol. The molecule has 34 heavy (non-hydrogen) atoms. The van der Waals surface area contributed by atoms with Crippen molar-refractivity contribution in [1.29, 1.82) is 0 Å². The second-order valence-electron chi connectivity index (χ2n) is 7.74. The van der Waals surface area contributed by atoms with Crippen LogP contribution in [0.15, 0.2) is 55.0 Å². The van der Waals surface area contributed by atoms with Crippen LogP contribution in [0.4, 0.5) is 21.8 Å². The zero-order chi connectivity index (χ0) is 23.7. The molecule has 10 heteroatoms. The van der Waals surface area contributed by atoms with Gasteiger partial charge in [0.2, 0.25) is 5.95 Å². The van der Waals surface area contributed by atoms with Crippen molar-refractivity contribution in [2.75, 3.05) is 31.4 Å². The van der Waals surface area contributed by atoms with Gasteiger partial charge in [-0.15, -0.1) is 0 Å². The van der Waals surface area contributed by atoms with Crippen LogP contribution in [0.3, 0.4) is 0 Å². The maximum Gasteiger partial charge on any atom is 0.229 e. The fourth-order valence-electron chi connectivity index (χ4n) is 4.03. The molecule has 2 N–H and O–H groups in total. The number of fused-ring (bicyclic) bond motifs is 1. The average molecular weight is 481 g/mol. The van der Waals surface area contributed by atoms with Crippen LogP contribution < -0.4 is 15.4 Å². The average Bonchev–Trinajstić information content (AvgIpc) is 3.29. The first-order valence-electron chi connectivity index (χ1n) is 10.6. The van der Waals surface area contributed by atoms with Gasteiger partial charge in [0.1, 0.15) is 28.9 Å². The summed E-state index contributed by atoms with van der Waals surface area (Å²) in [7, 11) is 3.41. The lowest BCUT2D eigenvalue weighted by molar-refractivity contribution is 0.0979. The largest absolute Gasteiger partial charge is 0.494 e. The maximum absolute atomic E-state index is 13.5. The van der Waals surface area contributed by atoms with Crippen molar-refractivity contribution in [3.8, 4) is 11.4 Å². The maximum atomic E-state index is 13.5. The predicted molar refractivity (Wildman–Crippen MR) is 128 cm³/mol. The Morgan fingerprint density at radius 2 is 2.00 bits per heavy atom. The fourth-order valence-corrected chi connectivity index (χ4v) is 4.18. The second-order valence-corrected chi connectivity index (χ2v) is 8.13. The SMILES string of the molecule is CNc1nc(Nc2ccc(-n3cnc(Cl)c3)c(OC)c2)nc2c1COCC2c1ccc(F)cc1. The van der Waals surface area contributed by atoms with Gasteiger partial charge in [0.25, 0.3) is 0 Å². The Hall–Kier alpha value is -3.69. The molecule has 8 nitrogen and oxygen atoms in total. The van der Waals surface area contributed by atoms with Gasteiger partial charge >= 0.3 is 0 Å². The number of hydrogen-bond donors (Lipinski definition) is 2. The molecule has 4 aromatic rings. The van der Waals surface area contributed by atoms with Crippen LogP contribution in [0, 0.1) is 5.82 Å². The summed E-state index contributed by atoms with van der Waals surface area (Å²) in [6.45, 7) is 0.855. The Morgan fingerprint density at radius 3 is 2.71 bits per heavy atom. The summed E-state index contributed by atoms with van der Waals surface area (Å²) in [6.07, 6.45) is 3.33. The summed E-state index contributed by atoms with van der Waals surface area (Å²) in [6, 6.07) is 12.1. The Bertz CT molecular complexity index is 1330. The van der Waals surface area contributed by atoms with Crippen LogP contribution in [0.1, 0.15) is 22.7 Å². The molecule has 0 radical (unpaired) electrons. The summed E-state index contributed by atoms with van der Waals surface area (Å²) in [4.78, 5) is 13.5. The zero-order valence-electron chi connectivity index (χ0n) is 18.5. The first kappa shape index (κ1) is 22.1. The van der Waals surface area contributed by atoms with Crippen molar-refractivity contribution in [2.45, 2.75) is 12.5 Å². The van der Waals surface area contributed by atoms with Crippen LogP contribution in [0.5, 0.6) is 5.75 Å². The lowest BCUT2D eigenvalue weighted by Crippen LogP contribution is -2.22. The van der Waals surface area contributed by atoms with E-state index in [9.17, 15) is 4.39 Å². The highest BCUT2D eigenvalue weighted by atomic mass is 35.5. The van der Waals surface area contributed by atoms with Crippen LogP contribution in [-0.2, 0) is 11.3 Å². The summed E-state index contributed by atoms with van der Waals surface area (Å²) < 4.78 is 26.6. The zero-order valence-corrected chi connectivity index (χ0v) is 19.3. The molecule has 1 aliphatic heterocycles. The first-order valence-corrected chi connectivity index (χ1v) is 11.0. The molecule has 3 heterocycles. The van der Waals surface area contributed by atoms with Gasteiger partial charge in [0, 0.05) is 30.6 Å². The van der Waals surface area contributed by atoms with E-state index in [4.69, 9.17) is 26.1 Å². The van der Waals surface area contributed by atoms with Crippen LogP contribution in [0.25, 0.3) is 5.69 Å². The number of benzene rings is 2. The molecule has 0 amide bonds. The second kappa shape index (κ2) is 9.28. The van der Waals surface area contributed by atoms with Gasteiger partial charge in [0.15, 0.2) is 0 Å². The molecule has 0 aliphatic carbocycles. The lowest BCUT2D eigenvalue weighted by Gasteiger charge is -2.27. The number of halogens is 2. The van der Waals surface area contributed by atoms with Gasteiger partial charge in [-0.3, -0.25) is 0 Å². The topological polar surface area (TPSA) is 86.1 Å². The van der Waals surface area contributed by atoms with Crippen molar-refractivity contribution in [3.63, 3.8) is 0 Å². The molecule has 1 aliphatic rings. The highest BCUT2D eigenvalue weighted by molar-refractivity contribution is 6.29. The number of imidazole rings is 1. The van der Waals surface area contributed by atoms with E-state index in [1.165, 1.54) is 12.1 Å². The Balaban J connectivity index is 1.50. The third-order valence-corrected chi connectivity index (χ3v) is 5.87. The van der Waals surface area contributed by atoms with Gasteiger partial charge in [-0.25, -0.2) is 14.4 Å². The lowest BCUT2D eigenvalue weighted by atomic mass is 9.91. The van der Waals surface area contributed by atoms with Crippen molar-refractivity contribution in [3.05, 3.63) is 82.8 Å². The van der Waals surface area contributed by atoms with E-state index in [2.05, 4.69) is 20.6 Å². The normalized spacial score (nSPS) is 15.0. The molecule has 5 rings (SSSR count). The van der Waals surface area contributed by atoms with E-state index in [1.807, 2.05) is 25.2 Å². The molecule has 0 fully saturated rings. The molecule has 2 aromatic carbocycles. The van der Waals surface area contributed by atoms with E-state index in [0.29, 0.717) is 35.9 Å². The van der Waals surface area contributed by atoms with Crippen LogP contribution >= 0.6 is 11.6 Å². The van der Waals surface area contributed by atoms with Crippen molar-refractivity contribution >= 4 is 29.1 Å². The highest BCUT2D eigenvalue weighted by Crippen LogP contribution is 2.35. The first-order chi connectivity index (χ1) is 16.6. The van der Waals surface area contributed by atoms with Gasteiger partial charge in [0.05, 0.1) is 37.6 Å². The molecular formula is C24H22ClFN6O2. The van der Waals surface area contributed by atoms with Gasteiger partial charge in [-0.05, 0) is 29.8 Å². The number of nitrogens with one attached hydrogen (secondary N) is 2. The minimum Gasteiger partial charge on any atom is -0.494 e. The predicted octanol–water partition coefficient (Wildman–Crippen LogP) is 4.91. The van der Waals surface area contributed by atoms with Crippen LogP contribution in [0.2, 0.25) is 5.15 Å². The smallest absolute Gasteiger partial charge is 0.229 e. The summed E-state index contributed by atoms with van der Waals surface area (Å²) in [5, 5.41) is 6.81. The number of hydrogen-bond acceptors (Lipinski definition) is 7. The standard InChI is InChI=1S/C24H22ClFN6O2/c1-27-23-18-12-34-11-17(14-3-5-15(26)6-4-14)22(18)30-24(31-23)29-16-7-8-19(20(9-16)33-2)32-10-21(25)28-13-32/h3-10,13,17H,11-12H2,1-2H3,(H2,27,29,30,31). The molecular weight excluding hydrogens is 459 g/mol. The number of methoxy groups -OCH3 is 1.